The summed E-state index contributed by atoms with van der Waals surface area (Å²) in [6, 6.07) is 1.06. The molecule has 0 N–H and O–H groups in total. The smallest absolute Gasteiger partial charge is 0.204 e. The zero-order chi connectivity index (χ0) is 11.8. The highest BCUT2D eigenvalue weighted by molar-refractivity contribution is 7.20. The van der Waals surface area contributed by atoms with Crippen molar-refractivity contribution in [2.45, 2.75) is 17.7 Å². The maximum atomic E-state index is 12.8. The molecule has 1 unspecified atom stereocenters. The van der Waals surface area contributed by atoms with E-state index in [1.165, 1.54) is 0 Å². The van der Waals surface area contributed by atoms with Gasteiger partial charge in [0, 0.05) is 5.56 Å². The molecule has 8 heteroatoms. The average Bonchev–Trinajstić information content (AvgIpc) is 2.43. The molecule has 1 atom stereocenters. The number of rotatable bonds is 3. The quantitative estimate of drug-likeness (QED) is 0.529. The van der Waals surface area contributed by atoms with E-state index in [-0.39, 0.29) is 14.2 Å². The molecule has 0 saturated heterocycles. The Kier molecular flexibility index (Phi) is 4.14. The van der Waals surface area contributed by atoms with Gasteiger partial charge < -0.3 is 0 Å². The summed E-state index contributed by atoms with van der Waals surface area (Å²) in [6.45, 7) is 0. The second kappa shape index (κ2) is 4.65. The van der Waals surface area contributed by atoms with E-state index in [9.17, 15) is 17.6 Å². The molecule has 0 aliphatic carbocycles. The van der Waals surface area contributed by atoms with Gasteiger partial charge in [-0.25, -0.2) is 8.78 Å². The van der Waals surface area contributed by atoms with Crippen LogP contribution in [0.3, 0.4) is 0 Å². The number of halogens is 7. The van der Waals surface area contributed by atoms with E-state index in [0.29, 0.717) is 0 Å². The Morgan fingerprint density at radius 3 is 2.13 bits per heavy atom. The molecular formula is C7H3Cl3F4S. The average molecular weight is 302 g/mol. The standard InChI is InChI=1S/C7H3Cl3F4S/c8-3-1-2(5(10)15-3)4(9)7(13,14)6(11)12/h1,4,6H. The van der Waals surface area contributed by atoms with E-state index in [0.717, 1.165) is 17.4 Å². The molecule has 0 amide bonds. The highest BCUT2D eigenvalue weighted by Gasteiger charge is 2.49. The van der Waals surface area contributed by atoms with E-state index in [1.54, 1.807) is 0 Å². The summed E-state index contributed by atoms with van der Waals surface area (Å²) in [7, 11) is 0. The van der Waals surface area contributed by atoms with Gasteiger partial charge in [-0.15, -0.1) is 22.9 Å². The van der Waals surface area contributed by atoms with Crippen molar-refractivity contribution >= 4 is 46.1 Å². The topological polar surface area (TPSA) is 0 Å². The SMILES string of the molecule is FC(F)C(F)(F)C(Cl)c1cc(Cl)sc1Cl. The normalized spacial score (nSPS) is 14.7. The van der Waals surface area contributed by atoms with Crippen molar-refractivity contribution < 1.29 is 17.6 Å². The molecule has 0 radical (unpaired) electrons. The molecule has 15 heavy (non-hydrogen) atoms. The molecule has 0 fully saturated rings. The van der Waals surface area contributed by atoms with Crippen LogP contribution in [0.15, 0.2) is 6.07 Å². The third kappa shape index (κ3) is 2.70. The van der Waals surface area contributed by atoms with E-state index in [4.69, 9.17) is 34.8 Å². The molecular weight excluding hydrogens is 298 g/mol. The first-order valence-electron chi connectivity index (χ1n) is 3.51. The fourth-order valence-corrected chi connectivity index (χ4v) is 2.76. The molecule has 86 valence electrons. The lowest BCUT2D eigenvalue weighted by Gasteiger charge is -2.20. The van der Waals surface area contributed by atoms with Crippen LogP contribution in [0.5, 0.6) is 0 Å². The maximum Gasteiger partial charge on any atom is 0.327 e. The highest BCUT2D eigenvalue weighted by Crippen LogP contribution is 2.46. The lowest BCUT2D eigenvalue weighted by Crippen LogP contribution is -2.31. The van der Waals surface area contributed by atoms with Crippen LogP contribution in [0.25, 0.3) is 0 Å². The Bertz CT molecular complexity index is 352. The van der Waals surface area contributed by atoms with Gasteiger partial charge in [-0.2, -0.15) is 8.78 Å². The van der Waals surface area contributed by atoms with Crippen molar-refractivity contribution in [1.29, 1.82) is 0 Å². The number of alkyl halides is 5. The first-order chi connectivity index (χ1) is 6.76. The number of hydrogen-bond acceptors (Lipinski definition) is 1. The lowest BCUT2D eigenvalue weighted by atomic mass is 10.1. The Hall–Kier alpha value is 0.290. The number of thiophene rings is 1. The summed E-state index contributed by atoms with van der Waals surface area (Å²) in [4.78, 5) is 0. The van der Waals surface area contributed by atoms with Crippen LogP contribution in [0.2, 0.25) is 8.67 Å². The van der Waals surface area contributed by atoms with Crippen LogP contribution in [0.1, 0.15) is 10.9 Å². The van der Waals surface area contributed by atoms with Gasteiger partial charge in [0.25, 0.3) is 0 Å². The van der Waals surface area contributed by atoms with Gasteiger partial charge in [-0.05, 0) is 6.07 Å². The summed E-state index contributed by atoms with van der Waals surface area (Å²) >= 11 is 17.0. The summed E-state index contributed by atoms with van der Waals surface area (Å²) < 4.78 is 49.6. The van der Waals surface area contributed by atoms with Gasteiger partial charge in [0.05, 0.1) is 8.67 Å². The highest BCUT2D eigenvalue weighted by atomic mass is 35.5. The predicted molar refractivity (Wildman–Crippen MR) is 53.9 cm³/mol. The minimum atomic E-state index is -4.34. The van der Waals surface area contributed by atoms with Gasteiger partial charge in [-0.3, -0.25) is 0 Å². The lowest BCUT2D eigenvalue weighted by molar-refractivity contribution is -0.130. The molecule has 0 aromatic carbocycles. The van der Waals surface area contributed by atoms with E-state index >= 15 is 0 Å². The maximum absolute atomic E-state index is 12.8. The van der Waals surface area contributed by atoms with Crippen molar-refractivity contribution in [2.75, 3.05) is 0 Å². The fourth-order valence-electron chi connectivity index (χ4n) is 0.844. The van der Waals surface area contributed by atoms with Gasteiger partial charge >= 0.3 is 12.3 Å². The predicted octanol–water partition coefficient (Wildman–Crippen LogP) is 5.24. The molecule has 0 aliphatic rings. The van der Waals surface area contributed by atoms with Crippen LogP contribution < -0.4 is 0 Å². The molecule has 1 aromatic heterocycles. The zero-order valence-electron chi connectivity index (χ0n) is 6.79. The van der Waals surface area contributed by atoms with Crippen LogP contribution in [0.4, 0.5) is 17.6 Å². The zero-order valence-corrected chi connectivity index (χ0v) is 9.87. The van der Waals surface area contributed by atoms with Crippen molar-refractivity contribution in [3.63, 3.8) is 0 Å². The van der Waals surface area contributed by atoms with Gasteiger partial charge in [0.15, 0.2) is 0 Å². The first kappa shape index (κ1) is 13.4. The van der Waals surface area contributed by atoms with Gasteiger partial charge in [-0.1, -0.05) is 23.2 Å². The third-order valence-electron chi connectivity index (χ3n) is 1.58. The monoisotopic (exact) mass is 300 g/mol. The summed E-state index contributed by atoms with van der Waals surface area (Å²) in [5.41, 5.74) is -0.279. The third-order valence-corrected chi connectivity index (χ3v) is 3.63. The van der Waals surface area contributed by atoms with Gasteiger partial charge in [0.1, 0.15) is 5.38 Å². The second-order valence-corrected chi connectivity index (χ2v) is 5.34. The molecule has 0 saturated carbocycles. The van der Waals surface area contributed by atoms with Crippen molar-refractivity contribution in [2.24, 2.45) is 0 Å². The van der Waals surface area contributed by atoms with Crippen LogP contribution in [0, 0.1) is 0 Å². The van der Waals surface area contributed by atoms with E-state index in [2.05, 4.69) is 0 Å². The molecule has 0 bridgehead atoms. The molecule has 0 spiro atoms. The van der Waals surface area contributed by atoms with Crippen LogP contribution in [-0.2, 0) is 0 Å². The minimum absolute atomic E-state index is 0.111. The largest absolute Gasteiger partial charge is 0.327 e. The molecule has 1 rings (SSSR count). The van der Waals surface area contributed by atoms with Crippen molar-refractivity contribution in [1.82, 2.24) is 0 Å². The van der Waals surface area contributed by atoms with Crippen molar-refractivity contribution in [3.8, 4) is 0 Å². The van der Waals surface area contributed by atoms with Crippen molar-refractivity contribution in [3.05, 3.63) is 20.3 Å². The van der Waals surface area contributed by atoms with E-state index < -0.39 is 17.7 Å². The fraction of sp³-hybridized carbons (Fsp3) is 0.429. The summed E-state index contributed by atoms with van der Waals surface area (Å²) in [5.74, 6) is -4.34. The number of hydrogen-bond donors (Lipinski definition) is 0. The molecule has 1 aromatic rings. The molecule has 1 heterocycles. The van der Waals surface area contributed by atoms with E-state index in [1.807, 2.05) is 0 Å². The van der Waals surface area contributed by atoms with Crippen LogP contribution in [-0.4, -0.2) is 12.3 Å². The van der Waals surface area contributed by atoms with Gasteiger partial charge in [0.2, 0.25) is 0 Å². The summed E-state index contributed by atoms with van der Waals surface area (Å²) in [5, 5.41) is -2.19. The molecule has 0 aliphatic heterocycles. The Balaban J connectivity index is 3.04. The Labute approximate surface area is 102 Å². The first-order valence-corrected chi connectivity index (χ1v) is 5.52. The Morgan fingerprint density at radius 1 is 1.27 bits per heavy atom. The second-order valence-electron chi connectivity index (χ2n) is 2.62. The minimum Gasteiger partial charge on any atom is -0.204 e. The Morgan fingerprint density at radius 2 is 1.80 bits per heavy atom. The summed E-state index contributed by atoms with van der Waals surface area (Å²) in [6.07, 6.45) is -3.85. The molecule has 0 nitrogen and oxygen atoms in total. The van der Waals surface area contributed by atoms with Crippen LogP contribution >= 0.6 is 46.1 Å².